The molecule has 0 amide bonds. The highest BCUT2D eigenvalue weighted by Gasteiger charge is 2.17. The minimum absolute atomic E-state index is 0.463. The summed E-state index contributed by atoms with van der Waals surface area (Å²) in [6.07, 6.45) is 28.0. The van der Waals surface area contributed by atoms with Crippen LogP contribution in [0.5, 0.6) is 11.5 Å². The van der Waals surface area contributed by atoms with E-state index in [-0.39, 0.29) is 0 Å². The molecule has 2 aromatic rings. The molecule has 0 aromatic heterocycles. The lowest BCUT2D eigenvalue weighted by atomic mass is 10.0. The van der Waals surface area contributed by atoms with Crippen LogP contribution < -0.4 is 9.05 Å². The Hall–Kier alpha value is -1.61. The van der Waals surface area contributed by atoms with Crippen molar-refractivity contribution in [3.8, 4) is 11.5 Å². The van der Waals surface area contributed by atoms with Gasteiger partial charge in [-0.2, -0.15) is 0 Å². The van der Waals surface area contributed by atoms with Crippen LogP contribution in [0.25, 0.3) is 0 Å². The average molecular weight is 615 g/mol. The smallest absolute Gasteiger partial charge is 0.418 e. The molecule has 0 spiro atoms. The summed E-state index contributed by atoms with van der Waals surface area (Å²) in [6, 6.07) is 19.5. The first-order valence-corrected chi connectivity index (χ1v) is 18.9. The lowest BCUT2D eigenvalue weighted by Gasteiger charge is -2.18. The molecule has 1 atom stereocenters. The van der Waals surface area contributed by atoms with E-state index in [2.05, 4.69) is 13.8 Å². The third-order valence-corrected chi connectivity index (χ3v) is 9.06. The van der Waals surface area contributed by atoms with E-state index in [0.29, 0.717) is 12.7 Å². The summed E-state index contributed by atoms with van der Waals surface area (Å²) >= 11 is 0. The van der Waals surface area contributed by atoms with E-state index in [1.54, 1.807) is 0 Å². The Morgan fingerprint density at radius 1 is 0.465 bits per heavy atom. The summed E-state index contributed by atoms with van der Waals surface area (Å²) in [5, 5.41) is 0. The maximum absolute atomic E-state index is 6.36. The molecule has 0 aliphatic carbocycles. The fourth-order valence-electron chi connectivity index (χ4n) is 5.29. The van der Waals surface area contributed by atoms with E-state index in [4.69, 9.17) is 18.3 Å². The summed E-state index contributed by atoms with van der Waals surface area (Å²) in [7, 11) is -1.48. The molecular weight excluding hydrogens is 551 g/mol. The highest BCUT2D eigenvalue weighted by molar-refractivity contribution is 7.42. The van der Waals surface area contributed by atoms with Gasteiger partial charge in [-0.1, -0.05) is 159 Å². The van der Waals surface area contributed by atoms with Crippen molar-refractivity contribution in [3.05, 3.63) is 60.7 Å². The van der Waals surface area contributed by atoms with E-state index in [0.717, 1.165) is 24.5 Å². The highest BCUT2D eigenvalue weighted by Crippen LogP contribution is 2.41. The molecule has 5 heteroatoms. The van der Waals surface area contributed by atoms with Gasteiger partial charge in [-0.05, 0) is 49.9 Å². The molecule has 4 nitrogen and oxygen atoms in total. The van der Waals surface area contributed by atoms with Crippen LogP contribution in [-0.2, 0) is 9.26 Å². The van der Waals surface area contributed by atoms with Crippen molar-refractivity contribution in [2.75, 3.05) is 13.2 Å². The zero-order chi connectivity index (χ0) is 30.5. The molecule has 0 fully saturated rings. The van der Waals surface area contributed by atoms with Gasteiger partial charge >= 0.3 is 8.60 Å². The Kier molecular flexibility index (Phi) is 24.4. The summed E-state index contributed by atoms with van der Waals surface area (Å²) in [5.41, 5.74) is 0. The number of hydrogen-bond acceptors (Lipinski definition) is 4. The molecule has 2 aromatic carbocycles. The maximum atomic E-state index is 6.36. The predicted octanol–water partition coefficient (Wildman–Crippen LogP) is 13.0. The number of benzene rings is 2. The second-order valence-corrected chi connectivity index (χ2v) is 13.0. The molecule has 0 aliphatic heterocycles. The fraction of sp³-hybridized carbons (Fsp3) is 0.684. The predicted molar refractivity (Wildman–Crippen MR) is 185 cm³/mol. The molecule has 0 N–H and O–H groups in total. The molecule has 0 aliphatic rings. The summed E-state index contributed by atoms with van der Waals surface area (Å²) in [6.45, 7) is 6.18. The molecule has 0 bridgehead atoms. The lowest BCUT2D eigenvalue weighted by Crippen LogP contribution is -2.14. The first kappa shape index (κ1) is 37.6. The standard InChI is InChI=1S/C38H63O4P/c1-3-5-7-8-9-10-11-12-14-17-26-34-39-36(28-6-4-2)29-21-16-13-15-18-27-35-40-43(41-37-30-22-19-23-31-37)42-38-32-24-20-25-33-38/h19-20,22-25,30-33,36H,3-18,21,26-29,34-35H2,1-2H3. The Bertz CT molecular complexity index is 793. The summed E-state index contributed by atoms with van der Waals surface area (Å²) < 4.78 is 24.4. The molecule has 0 heterocycles. The van der Waals surface area contributed by atoms with Gasteiger partial charge in [-0.25, -0.2) is 0 Å². The van der Waals surface area contributed by atoms with E-state index in [1.165, 1.54) is 128 Å². The topological polar surface area (TPSA) is 36.9 Å². The van der Waals surface area contributed by atoms with Crippen molar-refractivity contribution >= 4 is 8.60 Å². The van der Waals surface area contributed by atoms with Crippen molar-refractivity contribution in [2.24, 2.45) is 0 Å². The second-order valence-electron chi connectivity index (χ2n) is 11.9. The monoisotopic (exact) mass is 614 g/mol. The lowest BCUT2D eigenvalue weighted by molar-refractivity contribution is 0.0360. The number of ether oxygens (including phenoxy) is 1. The van der Waals surface area contributed by atoms with E-state index in [1.807, 2.05) is 60.7 Å². The van der Waals surface area contributed by atoms with E-state index < -0.39 is 8.60 Å². The van der Waals surface area contributed by atoms with Gasteiger partial charge < -0.3 is 13.8 Å². The van der Waals surface area contributed by atoms with Gasteiger partial charge in [0.05, 0.1) is 12.7 Å². The quantitative estimate of drug-likeness (QED) is 0.0648. The molecule has 0 radical (unpaired) electrons. The molecule has 244 valence electrons. The van der Waals surface area contributed by atoms with Gasteiger partial charge in [-0.15, -0.1) is 0 Å². The Labute approximate surface area is 266 Å². The van der Waals surface area contributed by atoms with Crippen LogP contribution in [0.15, 0.2) is 60.7 Å². The van der Waals surface area contributed by atoms with Gasteiger partial charge in [0.1, 0.15) is 11.5 Å². The molecule has 1 unspecified atom stereocenters. The first-order valence-electron chi connectivity index (χ1n) is 17.8. The average Bonchev–Trinajstić information content (AvgIpc) is 3.03. The van der Waals surface area contributed by atoms with Crippen molar-refractivity contribution in [3.63, 3.8) is 0 Å². The van der Waals surface area contributed by atoms with Crippen LogP contribution in [0.2, 0.25) is 0 Å². The van der Waals surface area contributed by atoms with Gasteiger partial charge in [0.15, 0.2) is 0 Å². The first-order chi connectivity index (χ1) is 21.3. The minimum Gasteiger partial charge on any atom is -0.418 e. The van der Waals surface area contributed by atoms with Crippen molar-refractivity contribution in [2.45, 2.75) is 155 Å². The van der Waals surface area contributed by atoms with Crippen LogP contribution >= 0.6 is 8.60 Å². The molecule has 0 saturated heterocycles. The maximum Gasteiger partial charge on any atom is 0.463 e. The van der Waals surface area contributed by atoms with Crippen LogP contribution in [0.4, 0.5) is 0 Å². The third-order valence-electron chi connectivity index (χ3n) is 7.94. The largest absolute Gasteiger partial charge is 0.463 e. The number of unbranched alkanes of at least 4 members (excludes halogenated alkanes) is 16. The minimum atomic E-state index is -1.48. The fourth-order valence-corrected chi connectivity index (χ4v) is 6.29. The summed E-state index contributed by atoms with van der Waals surface area (Å²) in [5.74, 6) is 1.54. The van der Waals surface area contributed by atoms with E-state index in [9.17, 15) is 0 Å². The van der Waals surface area contributed by atoms with Gasteiger partial charge in [-0.3, -0.25) is 4.52 Å². The van der Waals surface area contributed by atoms with Crippen LogP contribution in [0, 0.1) is 0 Å². The van der Waals surface area contributed by atoms with E-state index >= 15 is 0 Å². The Morgan fingerprint density at radius 3 is 1.40 bits per heavy atom. The number of hydrogen-bond donors (Lipinski definition) is 0. The normalized spacial score (nSPS) is 12.1. The number of rotatable bonds is 30. The van der Waals surface area contributed by atoms with Crippen molar-refractivity contribution in [1.82, 2.24) is 0 Å². The third kappa shape index (κ3) is 21.7. The molecule has 2 rings (SSSR count). The van der Waals surface area contributed by atoms with Gasteiger partial charge in [0, 0.05) is 6.61 Å². The zero-order valence-electron chi connectivity index (χ0n) is 27.7. The van der Waals surface area contributed by atoms with Crippen molar-refractivity contribution in [1.29, 1.82) is 0 Å². The number of para-hydroxylation sites is 2. The molecular formula is C38H63O4P. The van der Waals surface area contributed by atoms with Gasteiger partial charge in [0.25, 0.3) is 0 Å². The Balaban J connectivity index is 1.48. The molecule has 43 heavy (non-hydrogen) atoms. The van der Waals surface area contributed by atoms with Crippen LogP contribution in [-0.4, -0.2) is 19.3 Å². The SMILES string of the molecule is CCCCCCCCCCCCCOC(CCCC)CCCCCCCCOP(Oc1ccccc1)Oc1ccccc1. The molecule has 0 saturated carbocycles. The zero-order valence-corrected chi connectivity index (χ0v) is 28.6. The van der Waals surface area contributed by atoms with Crippen LogP contribution in [0.1, 0.15) is 149 Å². The second kappa shape index (κ2) is 27.9. The summed E-state index contributed by atoms with van der Waals surface area (Å²) in [4.78, 5) is 0. The highest BCUT2D eigenvalue weighted by atomic mass is 31.2. The van der Waals surface area contributed by atoms with Crippen molar-refractivity contribution < 1.29 is 18.3 Å². The van der Waals surface area contributed by atoms with Crippen LogP contribution in [0.3, 0.4) is 0 Å². The van der Waals surface area contributed by atoms with Gasteiger partial charge in [0.2, 0.25) is 0 Å². The Morgan fingerprint density at radius 2 is 0.884 bits per heavy atom.